The number of ether oxygens (including phenoxy) is 1. The van der Waals surface area contributed by atoms with E-state index >= 15 is 0 Å². The Morgan fingerprint density at radius 3 is 2.80 bits per heavy atom. The lowest BCUT2D eigenvalue weighted by molar-refractivity contribution is 0.410. The van der Waals surface area contributed by atoms with Crippen LogP contribution in [0.4, 0.5) is 5.82 Å². The van der Waals surface area contributed by atoms with E-state index in [1.165, 1.54) is 6.33 Å². The summed E-state index contributed by atoms with van der Waals surface area (Å²) in [5, 5.41) is 3.33. The van der Waals surface area contributed by atoms with Gasteiger partial charge in [-0.3, -0.25) is 9.36 Å². The molecule has 3 aromatic rings. The monoisotopic (exact) mass is 336 g/mol. The van der Waals surface area contributed by atoms with Gasteiger partial charge < -0.3 is 10.1 Å². The minimum absolute atomic E-state index is 0.0871. The average Bonchev–Trinajstić information content (AvgIpc) is 2.66. The maximum Gasteiger partial charge on any atom is 0.252 e. The molecule has 0 aliphatic carbocycles. The normalized spacial score (nSPS) is 10.5. The first kappa shape index (κ1) is 16.7. The molecular formula is C19H20N4O2. The van der Waals surface area contributed by atoms with Gasteiger partial charge in [0.15, 0.2) is 0 Å². The average molecular weight is 336 g/mol. The van der Waals surface area contributed by atoms with Crippen molar-refractivity contribution < 1.29 is 4.74 Å². The maximum atomic E-state index is 12.2. The molecule has 25 heavy (non-hydrogen) atoms. The van der Waals surface area contributed by atoms with Crippen molar-refractivity contribution in [1.82, 2.24) is 14.5 Å². The van der Waals surface area contributed by atoms with Crippen LogP contribution in [0.5, 0.6) is 5.75 Å². The molecule has 2 aromatic heterocycles. The van der Waals surface area contributed by atoms with Crippen LogP contribution in [0.15, 0.2) is 59.8 Å². The number of nitrogens with zero attached hydrogens (tertiary/aromatic N) is 3. The van der Waals surface area contributed by atoms with Gasteiger partial charge in [-0.15, -0.1) is 0 Å². The van der Waals surface area contributed by atoms with E-state index in [4.69, 9.17) is 4.74 Å². The summed E-state index contributed by atoms with van der Waals surface area (Å²) in [6.07, 6.45) is 3.92. The number of anilines is 1. The number of aromatic nitrogens is 3. The Hall–Kier alpha value is -3.15. The summed E-state index contributed by atoms with van der Waals surface area (Å²) >= 11 is 0. The van der Waals surface area contributed by atoms with E-state index in [0.717, 1.165) is 34.8 Å². The van der Waals surface area contributed by atoms with Crippen molar-refractivity contribution in [3.8, 4) is 17.0 Å². The second-order valence-corrected chi connectivity index (χ2v) is 5.61. The lowest BCUT2D eigenvalue weighted by Gasteiger charge is -2.13. The summed E-state index contributed by atoms with van der Waals surface area (Å²) in [4.78, 5) is 20.3. The predicted octanol–water partition coefficient (Wildman–Crippen LogP) is 2.51. The van der Waals surface area contributed by atoms with Crippen molar-refractivity contribution >= 4 is 5.82 Å². The molecule has 0 radical (unpaired) electrons. The molecule has 1 N–H and O–H groups in total. The fraction of sp³-hybridized carbons (Fsp3) is 0.211. The molecule has 0 unspecified atom stereocenters. The van der Waals surface area contributed by atoms with E-state index < -0.39 is 0 Å². The first-order chi connectivity index (χ1) is 12.2. The number of nitrogens with one attached hydrogen (secondary N) is 1. The van der Waals surface area contributed by atoms with Gasteiger partial charge in [0.2, 0.25) is 0 Å². The Labute approximate surface area is 146 Å². The molecule has 0 spiro atoms. The minimum atomic E-state index is -0.0871. The minimum Gasteiger partial charge on any atom is -0.496 e. The molecule has 128 valence electrons. The van der Waals surface area contributed by atoms with Crippen LogP contribution in [-0.2, 0) is 13.5 Å². The van der Waals surface area contributed by atoms with E-state index in [0.29, 0.717) is 6.54 Å². The van der Waals surface area contributed by atoms with Crippen LogP contribution in [0, 0.1) is 0 Å². The van der Waals surface area contributed by atoms with Gasteiger partial charge >= 0.3 is 0 Å². The van der Waals surface area contributed by atoms with Crippen LogP contribution < -0.4 is 15.6 Å². The highest BCUT2D eigenvalue weighted by atomic mass is 16.5. The number of hydrogen-bond acceptors (Lipinski definition) is 5. The summed E-state index contributed by atoms with van der Waals surface area (Å²) < 4.78 is 6.96. The summed E-state index contributed by atoms with van der Waals surface area (Å²) in [5.74, 6) is 1.61. The smallest absolute Gasteiger partial charge is 0.252 e. The number of pyridine rings is 1. The van der Waals surface area contributed by atoms with Crippen LogP contribution in [0.25, 0.3) is 11.3 Å². The molecule has 2 heterocycles. The Kier molecular flexibility index (Phi) is 5.09. The Morgan fingerprint density at radius 1 is 1.20 bits per heavy atom. The van der Waals surface area contributed by atoms with Crippen LogP contribution >= 0.6 is 0 Å². The van der Waals surface area contributed by atoms with Gasteiger partial charge in [-0.1, -0.05) is 18.2 Å². The predicted molar refractivity (Wildman–Crippen MR) is 97.9 cm³/mol. The van der Waals surface area contributed by atoms with Gasteiger partial charge in [0.25, 0.3) is 5.56 Å². The van der Waals surface area contributed by atoms with E-state index in [-0.39, 0.29) is 5.56 Å². The van der Waals surface area contributed by atoms with Crippen molar-refractivity contribution in [1.29, 1.82) is 0 Å². The van der Waals surface area contributed by atoms with Crippen LogP contribution in [0.3, 0.4) is 0 Å². The molecule has 0 bridgehead atoms. The highest BCUT2D eigenvalue weighted by Crippen LogP contribution is 2.20. The third-order valence-corrected chi connectivity index (χ3v) is 4.03. The summed E-state index contributed by atoms with van der Waals surface area (Å²) in [6, 6.07) is 13.2. The quantitative estimate of drug-likeness (QED) is 0.749. The van der Waals surface area contributed by atoms with Gasteiger partial charge in [0.05, 0.1) is 12.8 Å². The molecule has 0 saturated carbocycles. The van der Waals surface area contributed by atoms with Crippen molar-refractivity contribution in [2.24, 2.45) is 7.05 Å². The van der Waals surface area contributed by atoms with Gasteiger partial charge in [-0.2, -0.15) is 0 Å². The van der Waals surface area contributed by atoms with Crippen LogP contribution in [-0.4, -0.2) is 28.2 Å². The van der Waals surface area contributed by atoms with Crippen molar-refractivity contribution in [3.05, 3.63) is 70.9 Å². The van der Waals surface area contributed by atoms with Crippen molar-refractivity contribution in [2.75, 3.05) is 19.0 Å². The topological polar surface area (TPSA) is 69.0 Å². The molecule has 1 aromatic carbocycles. The second-order valence-electron chi connectivity index (χ2n) is 5.61. The molecule has 0 aliphatic heterocycles. The summed E-state index contributed by atoms with van der Waals surface area (Å²) in [5.41, 5.74) is 2.52. The van der Waals surface area contributed by atoms with Gasteiger partial charge in [-0.05, 0) is 30.2 Å². The fourth-order valence-corrected chi connectivity index (χ4v) is 2.65. The molecule has 0 aliphatic rings. The summed E-state index contributed by atoms with van der Waals surface area (Å²) in [7, 11) is 3.42. The fourth-order valence-electron chi connectivity index (χ4n) is 2.65. The zero-order valence-electron chi connectivity index (χ0n) is 14.3. The zero-order chi connectivity index (χ0) is 17.6. The molecule has 0 fully saturated rings. The number of hydrogen-bond donors (Lipinski definition) is 1. The number of benzene rings is 1. The largest absolute Gasteiger partial charge is 0.496 e. The summed E-state index contributed by atoms with van der Waals surface area (Å²) in [6.45, 7) is 0.681. The Bertz CT molecular complexity index is 907. The number of para-hydroxylation sites is 1. The first-order valence-electron chi connectivity index (χ1n) is 8.02. The molecule has 0 saturated heterocycles. The van der Waals surface area contributed by atoms with Crippen molar-refractivity contribution in [2.45, 2.75) is 6.42 Å². The SMILES string of the molecule is COc1ccccc1CCNc1cc(-c2ccncn2)cc(=O)n1C. The van der Waals surface area contributed by atoms with Gasteiger partial charge in [0.1, 0.15) is 17.9 Å². The maximum absolute atomic E-state index is 12.2. The molecular weight excluding hydrogens is 316 g/mol. The molecule has 6 nitrogen and oxygen atoms in total. The second kappa shape index (κ2) is 7.61. The number of rotatable bonds is 6. The molecule has 3 rings (SSSR count). The Morgan fingerprint density at radius 2 is 2.04 bits per heavy atom. The first-order valence-corrected chi connectivity index (χ1v) is 8.02. The molecule has 0 amide bonds. The van der Waals surface area contributed by atoms with Crippen LogP contribution in [0.2, 0.25) is 0 Å². The molecule has 0 atom stereocenters. The lowest BCUT2D eigenvalue weighted by atomic mass is 10.1. The third kappa shape index (κ3) is 3.85. The van der Waals surface area contributed by atoms with E-state index in [1.807, 2.05) is 30.3 Å². The van der Waals surface area contributed by atoms with Crippen molar-refractivity contribution in [3.63, 3.8) is 0 Å². The van der Waals surface area contributed by atoms with Gasteiger partial charge in [0, 0.05) is 31.4 Å². The third-order valence-electron chi connectivity index (χ3n) is 4.03. The molecule has 6 heteroatoms. The van der Waals surface area contributed by atoms with Gasteiger partial charge in [-0.25, -0.2) is 9.97 Å². The zero-order valence-corrected chi connectivity index (χ0v) is 14.3. The van der Waals surface area contributed by atoms with E-state index in [2.05, 4.69) is 15.3 Å². The lowest BCUT2D eigenvalue weighted by Crippen LogP contribution is -2.21. The van der Waals surface area contributed by atoms with E-state index in [1.54, 1.807) is 37.1 Å². The highest BCUT2D eigenvalue weighted by Gasteiger charge is 2.07. The van der Waals surface area contributed by atoms with E-state index in [9.17, 15) is 4.79 Å². The van der Waals surface area contributed by atoms with Crippen LogP contribution in [0.1, 0.15) is 5.56 Å². The Balaban J connectivity index is 1.78. The standard InChI is InChI=1S/C19H20N4O2/c1-23-18(21-10-7-14-5-3-4-6-17(14)25-2)11-15(12-19(23)24)16-8-9-20-13-22-16/h3-6,8-9,11-13,21H,7,10H2,1-2H3. The highest BCUT2D eigenvalue weighted by molar-refractivity contribution is 5.62. The number of methoxy groups -OCH3 is 1.